The van der Waals surface area contributed by atoms with E-state index in [1.165, 1.54) is 5.57 Å². The summed E-state index contributed by atoms with van der Waals surface area (Å²) >= 11 is 0. The Hall–Kier alpha value is -1.00. The third-order valence-electron chi connectivity index (χ3n) is 1.47. The van der Waals surface area contributed by atoms with E-state index in [4.69, 9.17) is 5.73 Å². The number of allylic oxidation sites excluding steroid dienone is 2. The zero-order valence-electron chi connectivity index (χ0n) is 6.15. The van der Waals surface area contributed by atoms with Crippen molar-refractivity contribution in [2.75, 3.05) is 6.54 Å². The first-order valence-electron chi connectivity index (χ1n) is 3.48. The molecule has 1 nitrogen and oxygen atoms in total. The summed E-state index contributed by atoms with van der Waals surface area (Å²) < 4.78 is 0. The van der Waals surface area contributed by atoms with Crippen molar-refractivity contribution in [3.05, 3.63) is 34.8 Å². The summed E-state index contributed by atoms with van der Waals surface area (Å²) in [6, 6.07) is 0. The second-order valence-corrected chi connectivity index (χ2v) is 2.19. The van der Waals surface area contributed by atoms with Gasteiger partial charge < -0.3 is 5.73 Å². The zero-order chi connectivity index (χ0) is 7.40. The summed E-state index contributed by atoms with van der Waals surface area (Å²) in [6.07, 6.45) is 5.05. The van der Waals surface area contributed by atoms with E-state index in [1.807, 2.05) is 12.2 Å². The fourth-order valence-electron chi connectivity index (χ4n) is 0.770. The van der Waals surface area contributed by atoms with Gasteiger partial charge in [0, 0.05) is 17.7 Å². The van der Waals surface area contributed by atoms with Crippen molar-refractivity contribution in [2.24, 2.45) is 5.73 Å². The zero-order valence-corrected chi connectivity index (χ0v) is 6.15. The van der Waals surface area contributed by atoms with E-state index in [-0.39, 0.29) is 0 Å². The molecule has 0 aromatic rings. The minimum atomic E-state index is 0.556. The van der Waals surface area contributed by atoms with Crippen LogP contribution < -0.4 is 5.73 Å². The van der Waals surface area contributed by atoms with Gasteiger partial charge in [0.05, 0.1) is 0 Å². The predicted molar refractivity (Wildman–Crippen MR) is 42.5 cm³/mol. The summed E-state index contributed by atoms with van der Waals surface area (Å²) in [7, 11) is 0. The SMILES string of the molecule is CCC1=C=C=C(CN)C=C1. The van der Waals surface area contributed by atoms with Gasteiger partial charge in [-0.1, -0.05) is 18.4 Å². The monoisotopic (exact) mass is 133 g/mol. The lowest BCUT2D eigenvalue weighted by Crippen LogP contribution is -2.00. The van der Waals surface area contributed by atoms with Gasteiger partial charge in [0.2, 0.25) is 0 Å². The molecule has 0 aromatic carbocycles. The van der Waals surface area contributed by atoms with Gasteiger partial charge in [0.25, 0.3) is 0 Å². The van der Waals surface area contributed by atoms with E-state index in [2.05, 4.69) is 18.4 Å². The highest BCUT2D eigenvalue weighted by atomic mass is 14.5. The molecule has 1 rings (SSSR count). The van der Waals surface area contributed by atoms with Crippen LogP contribution in [0.2, 0.25) is 0 Å². The first kappa shape index (κ1) is 7.11. The van der Waals surface area contributed by atoms with Crippen molar-refractivity contribution < 1.29 is 0 Å². The van der Waals surface area contributed by atoms with Crippen LogP contribution in [0.4, 0.5) is 0 Å². The Labute approximate surface area is 61.2 Å². The third kappa shape index (κ3) is 1.49. The fourth-order valence-corrected chi connectivity index (χ4v) is 0.770. The normalized spacial score (nSPS) is 15.0. The molecule has 2 N–H and O–H groups in total. The first-order chi connectivity index (χ1) is 4.86. The Morgan fingerprint density at radius 3 is 2.30 bits per heavy atom. The van der Waals surface area contributed by atoms with Gasteiger partial charge in [0.1, 0.15) is 0 Å². The Bertz CT molecular complexity index is 220. The molecule has 0 aliphatic heterocycles. The van der Waals surface area contributed by atoms with Crippen LogP contribution in [0.3, 0.4) is 0 Å². The van der Waals surface area contributed by atoms with Gasteiger partial charge >= 0.3 is 0 Å². The van der Waals surface area contributed by atoms with Crippen LogP contribution in [-0.2, 0) is 0 Å². The second kappa shape index (κ2) is 3.24. The van der Waals surface area contributed by atoms with Crippen LogP contribution in [0.25, 0.3) is 0 Å². The molecule has 0 unspecified atom stereocenters. The van der Waals surface area contributed by atoms with E-state index < -0.39 is 0 Å². The Kier molecular flexibility index (Phi) is 2.30. The molecule has 0 atom stereocenters. The van der Waals surface area contributed by atoms with Crippen molar-refractivity contribution in [2.45, 2.75) is 13.3 Å². The van der Waals surface area contributed by atoms with Crippen molar-refractivity contribution >= 4 is 0 Å². The summed E-state index contributed by atoms with van der Waals surface area (Å²) in [5, 5.41) is 0. The second-order valence-electron chi connectivity index (χ2n) is 2.19. The lowest BCUT2D eigenvalue weighted by Gasteiger charge is -1.96. The van der Waals surface area contributed by atoms with Crippen LogP contribution in [0.1, 0.15) is 13.3 Å². The number of nitrogens with two attached hydrogens (primary N) is 1. The molecule has 0 bridgehead atoms. The fraction of sp³-hybridized carbons (Fsp3) is 0.333. The maximum absolute atomic E-state index is 5.39. The molecule has 0 saturated carbocycles. The van der Waals surface area contributed by atoms with Gasteiger partial charge in [-0.3, -0.25) is 0 Å². The molecular formula is C9H11N. The molecule has 52 valence electrons. The van der Waals surface area contributed by atoms with Gasteiger partial charge in [-0.2, -0.15) is 0 Å². The standard InChI is InChI=1S/C9H11N/c1-2-8-3-5-9(7-10)6-4-8/h3,5H,2,7,10H2,1H3. The van der Waals surface area contributed by atoms with E-state index in [9.17, 15) is 0 Å². The van der Waals surface area contributed by atoms with E-state index in [0.717, 1.165) is 12.0 Å². The maximum atomic E-state index is 5.39. The summed E-state index contributed by atoms with van der Waals surface area (Å²) in [4.78, 5) is 0. The molecule has 1 heteroatoms. The van der Waals surface area contributed by atoms with Crippen molar-refractivity contribution in [3.63, 3.8) is 0 Å². The quantitative estimate of drug-likeness (QED) is 0.568. The lowest BCUT2D eigenvalue weighted by molar-refractivity contribution is 1.13. The smallest absolute Gasteiger partial charge is 0.0259 e. The maximum Gasteiger partial charge on any atom is 0.0259 e. The molecule has 0 radical (unpaired) electrons. The Morgan fingerprint density at radius 2 is 1.90 bits per heavy atom. The molecule has 0 amide bonds. The van der Waals surface area contributed by atoms with Gasteiger partial charge in [0.15, 0.2) is 0 Å². The molecule has 1 aliphatic carbocycles. The number of hydrogen-bond acceptors (Lipinski definition) is 1. The molecule has 0 heterocycles. The highest BCUT2D eigenvalue weighted by Crippen LogP contribution is 2.06. The summed E-state index contributed by atoms with van der Waals surface area (Å²) in [5.74, 6) is 0. The Morgan fingerprint density at radius 1 is 1.30 bits per heavy atom. The van der Waals surface area contributed by atoms with Crippen LogP contribution in [0.15, 0.2) is 34.8 Å². The van der Waals surface area contributed by atoms with E-state index >= 15 is 0 Å². The molecular weight excluding hydrogens is 122 g/mol. The predicted octanol–water partition coefficient (Wildman–Crippen LogP) is 1.53. The van der Waals surface area contributed by atoms with Crippen LogP contribution in [0.5, 0.6) is 0 Å². The molecule has 0 saturated heterocycles. The third-order valence-corrected chi connectivity index (χ3v) is 1.47. The van der Waals surface area contributed by atoms with Crippen molar-refractivity contribution in [1.82, 2.24) is 0 Å². The topological polar surface area (TPSA) is 26.0 Å². The van der Waals surface area contributed by atoms with E-state index in [0.29, 0.717) is 6.54 Å². The van der Waals surface area contributed by atoms with Crippen molar-refractivity contribution in [1.29, 1.82) is 0 Å². The molecule has 0 spiro atoms. The summed E-state index contributed by atoms with van der Waals surface area (Å²) in [6.45, 7) is 2.66. The molecule has 10 heavy (non-hydrogen) atoms. The number of hydrogen-bond donors (Lipinski definition) is 1. The highest BCUT2D eigenvalue weighted by molar-refractivity contribution is 5.32. The lowest BCUT2D eigenvalue weighted by atomic mass is 10.1. The van der Waals surface area contributed by atoms with Crippen LogP contribution in [-0.4, -0.2) is 6.54 Å². The van der Waals surface area contributed by atoms with Crippen molar-refractivity contribution in [3.8, 4) is 0 Å². The molecule has 0 fully saturated rings. The molecule has 0 aromatic heterocycles. The minimum Gasteiger partial charge on any atom is -0.326 e. The number of rotatable bonds is 2. The minimum absolute atomic E-state index is 0.556. The van der Waals surface area contributed by atoms with Gasteiger partial charge in [-0.05, 0) is 18.6 Å². The van der Waals surface area contributed by atoms with E-state index in [1.54, 1.807) is 0 Å². The van der Waals surface area contributed by atoms with Crippen LogP contribution in [0, 0.1) is 0 Å². The Balaban J connectivity index is 2.94. The average molecular weight is 133 g/mol. The van der Waals surface area contributed by atoms with Gasteiger partial charge in [-0.25, -0.2) is 0 Å². The largest absolute Gasteiger partial charge is 0.326 e. The summed E-state index contributed by atoms with van der Waals surface area (Å²) in [5.41, 5.74) is 13.6. The highest BCUT2D eigenvalue weighted by Gasteiger charge is 1.91. The average Bonchev–Trinajstić information content (AvgIpc) is 2.05. The van der Waals surface area contributed by atoms with Crippen LogP contribution >= 0.6 is 0 Å². The van der Waals surface area contributed by atoms with Gasteiger partial charge in [-0.15, -0.1) is 0 Å². The first-order valence-corrected chi connectivity index (χ1v) is 3.48. The molecule has 1 aliphatic rings.